The van der Waals surface area contributed by atoms with Crippen molar-refractivity contribution in [1.82, 2.24) is 19.7 Å². The van der Waals surface area contributed by atoms with E-state index in [0.29, 0.717) is 55.3 Å². The third-order valence-electron chi connectivity index (χ3n) is 4.70. The van der Waals surface area contributed by atoms with E-state index in [0.717, 1.165) is 11.0 Å². The minimum Gasteiger partial charge on any atom is -0.437 e. The van der Waals surface area contributed by atoms with Gasteiger partial charge in [-0.15, -0.1) is 0 Å². The Balaban J connectivity index is 1.44. The molecule has 0 saturated carbocycles. The Morgan fingerprint density at radius 3 is 2.79 bits per heavy atom. The molecular weight excluding hydrogens is 464 g/mol. The van der Waals surface area contributed by atoms with Crippen molar-refractivity contribution in [3.05, 3.63) is 53.6 Å². The van der Waals surface area contributed by atoms with Gasteiger partial charge in [-0.05, 0) is 25.1 Å². The average Bonchev–Trinajstić information content (AvgIpc) is 3.42. The first-order valence-corrected chi connectivity index (χ1v) is 10.8. The molecule has 178 valence electrons. The molecule has 1 aromatic carbocycles. The molecule has 0 aliphatic carbocycles. The number of nitrogens with one attached hydrogen (secondary N) is 2. The molecule has 2 N–H and O–H groups in total. The summed E-state index contributed by atoms with van der Waals surface area (Å²) in [5.41, 5.74) is 1.88. The summed E-state index contributed by atoms with van der Waals surface area (Å²) in [5, 5.41) is 9.22. The van der Waals surface area contributed by atoms with Crippen molar-refractivity contribution < 1.29 is 23.5 Å². The maximum atomic E-state index is 12.2. The third kappa shape index (κ3) is 5.81. The van der Waals surface area contributed by atoms with Crippen molar-refractivity contribution in [2.24, 2.45) is 0 Å². The Kier molecular flexibility index (Phi) is 7.58. The van der Waals surface area contributed by atoms with Gasteiger partial charge < -0.3 is 28.6 Å². The number of methoxy groups -OCH3 is 1. The van der Waals surface area contributed by atoms with Crippen LogP contribution in [0.1, 0.15) is 5.76 Å². The summed E-state index contributed by atoms with van der Waals surface area (Å²) in [4.78, 5) is 20.8. The largest absolute Gasteiger partial charge is 0.437 e. The molecule has 0 aliphatic rings. The Labute approximate surface area is 200 Å². The lowest BCUT2D eigenvalue weighted by atomic mass is 10.3. The van der Waals surface area contributed by atoms with Gasteiger partial charge in [-0.1, -0.05) is 16.8 Å². The van der Waals surface area contributed by atoms with Gasteiger partial charge >= 0.3 is 6.03 Å². The number of hydrogen-bond acceptors (Lipinski definition) is 8. The summed E-state index contributed by atoms with van der Waals surface area (Å²) in [6.45, 7) is 3.89. The fourth-order valence-electron chi connectivity index (χ4n) is 3.14. The van der Waals surface area contributed by atoms with Crippen LogP contribution in [0, 0.1) is 6.92 Å². The molecule has 0 bridgehead atoms. The van der Waals surface area contributed by atoms with E-state index in [1.165, 1.54) is 6.33 Å². The number of anilines is 2. The molecule has 2 amide bonds. The highest BCUT2D eigenvalue weighted by Crippen LogP contribution is 2.32. The molecule has 0 radical (unpaired) electrons. The molecule has 0 unspecified atom stereocenters. The van der Waals surface area contributed by atoms with E-state index in [1.54, 1.807) is 38.3 Å². The van der Waals surface area contributed by atoms with E-state index < -0.39 is 6.03 Å². The number of benzene rings is 1. The summed E-state index contributed by atoms with van der Waals surface area (Å²) in [6, 6.07) is 7.87. The van der Waals surface area contributed by atoms with Crippen molar-refractivity contribution in [2.45, 2.75) is 13.5 Å². The second-order valence-electron chi connectivity index (χ2n) is 7.17. The molecule has 3 heterocycles. The van der Waals surface area contributed by atoms with Gasteiger partial charge in [-0.2, -0.15) is 4.98 Å². The van der Waals surface area contributed by atoms with E-state index >= 15 is 0 Å². The van der Waals surface area contributed by atoms with E-state index in [4.69, 9.17) is 30.3 Å². The van der Waals surface area contributed by atoms with E-state index in [-0.39, 0.29) is 5.02 Å². The first kappa shape index (κ1) is 23.5. The zero-order valence-corrected chi connectivity index (χ0v) is 19.3. The van der Waals surface area contributed by atoms with Crippen LogP contribution in [0.2, 0.25) is 5.02 Å². The second kappa shape index (κ2) is 11.0. The standard InChI is InChI=1S/C22H23ClN6O5/c1-14-11-19(28-34-14)27-22(30)26-17-4-3-15(12-16(17)23)33-21-20-18(24-13-25-21)5-6-29(20)7-8-32-10-9-31-2/h3-6,11-13H,7-10H2,1-2H3,(H2,26,27,28,30). The van der Waals surface area contributed by atoms with Crippen molar-refractivity contribution >= 4 is 40.2 Å². The first-order valence-electron chi connectivity index (χ1n) is 10.4. The van der Waals surface area contributed by atoms with Crippen LogP contribution in [0.25, 0.3) is 11.0 Å². The highest BCUT2D eigenvalue weighted by atomic mass is 35.5. The number of halogens is 1. The maximum Gasteiger partial charge on any atom is 0.324 e. The molecule has 12 heteroatoms. The lowest BCUT2D eigenvalue weighted by Crippen LogP contribution is -2.19. The fraction of sp³-hybridized carbons (Fsp3) is 0.273. The van der Waals surface area contributed by atoms with E-state index in [9.17, 15) is 4.79 Å². The third-order valence-corrected chi connectivity index (χ3v) is 5.01. The lowest BCUT2D eigenvalue weighted by molar-refractivity contribution is 0.0670. The number of ether oxygens (including phenoxy) is 3. The van der Waals surface area contributed by atoms with Crippen LogP contribution in [0.4, 0.5) is 16.3 Å². The molecule has 11 nitrogen and oxygen atoms in total. The number of aromatic nitrogens is 4. The van der Waals surface area contributed by atoms with Crippen molar-refractivity contribution in [3.8, 4) is 11.6 Å². The van der Waals surface area contributed by atoms with Gasteiger partial charge in [0.1, 0.15) is 23.4 Å². The summed E-state index contributed by atoms with van der Waals surface area (Å²) >= 11 is 6.36. The quantitative estimate of drug-likeness (QED) is 0.314. The van der Waals surface area contributed by atoms with Crippen molar-refractivity contribution in [2.75, 3.05) is 37.6 Å². The van der Waals surface area contributed by atoms with Gasteiger partial charge in [0.05, 0.1) is 36.0 Å². The fourth-order valence-corrected chi connectivity index (χ4v) is 3.36. The minimum atomic E-state index is -0.507. The van der Waals surface area contributed by atoms with Gasteiger partial charge in [0.2, 0.25) is 5.88 Å². The molecular formula is C22H23ClN6O5. The Morgan fingerprint density at radius 1 is 1.15 bits per heavy atom. The predicted molar refractivity (Wildman–Crippen MR) is 126 cm³/mol. The van der Waals surface area contributed by atoms with Gasteiger partial charge in [0.15, 0.2) is 5.82 Å². The van der Waals surface area contributed by atoms with Crippen LogP contribution >= 0.6 is 11.6 Å². The molecule has 4 aromatic rings. The smallest absolute Gasteiger partial charge is 0.324 e. The topological polar surface area (TPSA) is 126 Å². The minimum absolute atomic E-state index is 0.288. The lowest BCUT2D eigenvalue weighted by Gasteiger charge is -2.12. The number of aryl methyl sites for hydroxylation is 1. The molecule has 0 atom stereocenters. The summed E-state index contributed by atoms with van der Waals surface area (Å²) in [6.07, 6.45) is 3.34. The number of amides is 2. The van der Waals surface area contributed by atoms with Crippen LogP contribution < -0.4 is 15.4 Å². The van der Waals surface area contributed by atoms with E-state index in [1.807, 2.05) is 16.8 Å². The summed E-state index contributed by atoms with van der Waals surface area (Å²) in [7, 11) is 1.63. The SMILES string of the molecule is COCCOCCn1ccc2ncnc(Oc3ccc(NC(=O)Nc4cc(C)on4)c(Cl)c3)c21. The number of carbonyl (C=O) groups is 1. The molecule has 0 fully saturated rings. The summed E-state index contributed by atoms with van der Waals surface area (Å²) in [5.74, 6) is 1.71. The average molecular weight is 487 g/mol. The molecule has 4 rings (SSSR count). The van der Waals surface area contributed by atoms with E-state index in [2.05, 4.69) is 25.8 Å². The highest BCUT2D eigenvalue weighted by Gasteiger charge is 2.14. The summed E-state index contributed by atoms with van der Waals surface area (Å²) < 4.78 is 23.4. The number of nitrogens with zero attached hydrogens (tertiary/aromatic N) is 4. The monoisotopic (exact) mass is 486 g/mol. The molecule has 0 saturated heterocycles. The number of rotatable bonds is 10. The van der Waals surface area contributed by atoms with Crippen LogP contribution in [0.15, 0.2) is 47.4 Å². The molecule has 3 aromatic heterocycles. The van der Waals surface area contributed by atoms with Crippen LogP contribution in [-0.4, -0.2) is 52.7 Å². The number of fused-ring (bicyclic) bond motifs is 1. The van der Waals surface area contributed by atoms with Crippen molar-refractivity contribution in [1.29, 1.82) is 0 Å². The zero-order chi connectivity index (χ0) is 23.9. The predicted octanol–water partition coefficient (Wildman–Crippen LogP) is 4.48. The second-order valence-corrected chi connectivity index (χ2v) is 7.58. The highest BCUT2D eigenvalue weighted by molar-refractivity contribution is 6.34. The van der Waals surface area contributed by atoms with Gasteiger partial charge in [0, 0.05) is 32.0 Å². The van der Waals surface area contributed by atoms with Gasteiger partial charge in [0.25, 0.3) is 0 Å². The maximum absolute atomic E-state index is 12.2. The normalized spacial score (nSPS) is 11.0. The van der Waals surface area contributed by atoms with Gasteiger partial charge in [-0.25, -0.2) is 9.78 Å². The Bertz CT molecular complexity index is 1270. The van der Waals surface area contributed by atoms with Crippen LogP contribution in [0.3, 0.4) is 0 Å². The van der Waals surface area contributed by atoms with Gasteiger partial charge in [-0.3, -0.25) is 5.32 Å². The number of hydrogen-bond donors (Lipinski definition) is 2. The molecule has 0 spiro atoms. The number of urea groups is 1. The molecule has 0 aliphatic heterocycles. The van der Waals surface area contributed by atoms with Crippen LogP contribution in [-0.2, 0) is 16.0 Å². The Morgan fingerprint density at radius 2 is 2.03 bits per heavy atom. The molecule has 34 heavy (non-hydrogen) atoms. The zero-order valence-electron chi connectivity index (χ0n) is 18.6. The first-order chi connectivity index (χ1) is 16.5. The number of carbonyl (C=O) groups excluding carboxylic acids is 1. The van der Waals surface area contributed by atoms with Crippen LogP contribution in [0.5, 0.6) is 11.6 Å². The Hall–Kier alpha value is -3.67. The van der Waals surface area contributed by atoms with Crippen molar-refractivity contribution in [3.63, 3.8) is 0 Å².